The van der Waals surface area contributed by atoms with Crippen molar-refractivity contribution in [3.05, 3.63) is 11.8 Å². The van der Waals surface area contributed by atoms with Gasteiger partial charge in [0, 0.05) is 12.0 Å². The molecule has 5 heteroatoms. The fourth-order valence-corrected chi connectivity index (χ4v) is 3.89. The zero-order valence-electron chi connectivity index (χ0n) is 11.5. The fourth-order valence-electron chi connectivity index (χ4n) is 3.89. The molecule has 0 spiro atoms. The molecule has 3 fully saturated rings. The van der Waals surface area contributed by atoms with E-state index in [1.54, 1.807) is 0 Å². The molecular formula is C15H20N2O3. The van der Waals surface area contributed by atoms with Gasteiger partial charge >= 0.3 is 0 Å². The first-order chi connectivity index (χ1) is 9.79. The number of nitrogens with zero attached hydrogens (tertiary/aromatic N) is 1. The fraction of sp³-hybridized carbons (Fsp3) is 0.733. The molecule has 2 aliphatic heterocycles. The second kappa shape index (κ2) is 4.88. The van der Waals surface area contributed by atoms with Gasteiger partial charge < -0.3 is 9.26 Å². The van der Waals surface area contributed by atoms with Gasteiger partial charge in [-0.15, -0.1) is 0 Å². The van der Waals surface area contributed by atoms with Crippen LogP contribution in [0, 0.1) is 5.92 Å². The first-order valence-corrected chi connectivity index (χ1v) is 7.72. The van der Waals surface area contributed by atoms with Gasteiger partial charge in [-0.05, 0) is 32.1 Å². The van der Waals surface area contributed by atoms with Gasteiger partial charge in [-0.1, -0.05) is 18.0 Å². The minimum atomic E-state index is -0.0196. The second-order valence-corrected chi connectivity index (χ2v) is 6.30. The number of hydrogen-bond donors (Lipinski definition) is 1. The van der Waals surface area contributed by atoms with Crippen LogP contribution in [0.3, 0.4) is 0 Å². The van der Waals surface area contributed by atoms with E-state index in [0.29, 0.717) is 17.9 Å². The molecule has 5 nitrogen and oxygen atoms in total. The van der Waals surface area contributed by atoms with Crippen molar-refractivity contribution in [2.75, 3.05) is 5.32 Å². The number of aromatic nitrogens is 1. The molecule has 20 heavy (non-hydrogen) atoms. The molecule has 1 aromatic heterocycles. The summed E-state index contributed by atoms with van der Waals surface area (Å²) in [7, 11) is 0. The van der Waals surface area contributed by atoms with Crippen LogP contribution in [0.5, 0.6) is 0 Å². The Morgan fingerprint density at radius 2 is 2.10 bits per heavy atom. The smallest absolute Gasteiger partial charge is 0.232 e. The Kier molecular flexibility index (Phi) is 3.02. The van der Waals surface area contributed by atoms with Crippen LogP contribution >= 0.6 is 0 Å². The molecule has 0 aromatic carbocycles. The number of amides is 1. The standard InChI is InChI=1S/C15H20N2O3/c18-15(11-7-10-5-6-13(11)19-10)16-14-8-12(17-20-14)9-3-1-2-4-9/h8-11,13H,1-7H2,(H,16,18)/t10-,11-,13+/m1/s1. The largest absolute Gasteiger partial charge is 0.374 e. The summed E-state index contributed by atoms with van der Waals surface area (Å²) in [5.41, 5.74) is 0.988. The summed E-state index contributed by atoms with van der Waals surface area (Å²) in [6, 6.07) is 1.89. The molecule has 1 amide bonds. The Labute approximate surface area is 118 Å². The summed E-state index contributed by atoms with van der Waals surface area (Å²) >= 11 is 0. The molecule has 0 unspecified atom stereocenters. The average molecular weight is 276 g/mol. The summed E-state index contributed by atoms with van der Waals surface area (Å²) in [6.45, 7) is 0. The van der Waals surface area contributed by atoms with Crippen LogP contribution in [0.1, 0.15) is 56.6 Å². The van der Waals surface area contributed by atoms with E-state index in [2.05, 4.69) is 10.5 Å². The monoisotopic (exact) mass is 276 g/mol. The summed E-state index contributed by atoms with van der Waals surface area (Å²) in [4.78, 5) is 12.3. The van der Waals surface area contributed by atoms with Gasteiger partial charge in [-0.3, -0.25) is 10.1 Å². The van der Waals surface area contributed by atoms with Crippen LogP contribution in [0.2, 0.25) is 0 Å². The van der Waals surface area contributed by atoms with E-state index >= 15 is 0 Å². The molecule has 3 heterocycles. The number of ether oxygens (including phenoxy) is 1. The highest BCUT2D eigenvalue weighted by Crippen LogP contribution is 2.39. The number of rotatable bonds is 3. The van der Waals surface area contributed by atoms with Crippen LogP contribution in [0.4, 0.5) is 5.88 Å². The van der Waals surface area contributed by atoms with E-state index in [0.717, 1.165) is 25.0 Å². The van der Waals surface area contributed by atoms with Crippen molar-refractivity contribution < 1.29 is 14.1 Å². The maximum absolute atomic E-state index is 12.3. The average Bonchev–Trinajstić information content (AvgIpc) is 3.22. The van der Waals surface area contributed by atoms with E-state index in [-0.39, 0.29) is 17.9 Å². The van der Waals surface area contributed by atoms with Crippen LogP contribution in [-0.4, -0.2) is 23.3 Å². The molecular weight excluding hydrogens is 256 g/mol. The number of anilines is 1. The Balaban J connectivity index is 1.40. The SMILES string of the molecule is O=C(Nc1cc(C2CCCC2)no1)[C@@H]1C[C@H]2CC[C@@H]1O2. The Morgan fingerprint density at radius 1 is 1.25 bits per heavy atom. The third-order valence-corrected chi connectivity index (χ3v) is 4.99. The quantitative estimate of drug-likeness (QED) is 0.922. The van der Waals surface area contributed by atoms with Gasteiger partial charge in [-0.2, -0.15) is 0 Å². The van der Waals surface area contributed by atoms with Crippen molar-refractivity contribution in [2.45, 2.75) is 63.1 Å². The Hall–Kier alpha value is -1.36. The number of hydrogen-bond acceptors (Lipinski definition) is 4. The number of carbonyl (C=O) groups excluding carboxylic acids is 1. The second-order valence-electron chi connectivity index (χ2n) is 6.30. The molecule has 3 aliphatic rings. The van der Waals surface area contributed by atoms with Crippen molar-refractivity contribution in [3.8, 4) is 0 Å². The molecule has 108 valence electrons. The third kappa shape index (κ3) is 2.14. The van der Waals surface area contributed by atoms with Gasteiger partial charge in [0.05, 0.1) is 23.8 Å². The van der Waals surface area contributed by atoms with Crippen LogP contribution in [0.15, 0.2) is 10.6 Å². The van der Waals surface area contributed by atoms with Crippen molar-refractivity contribution in [1.82, 2.24) is 5.16 Å². The van der Waals surface area contributed by atoms with Crippen molar-refractivity contribution in [1.29, 1.82) is 0 Å². The molecule has 1 saturated carbocycles. The lowest BCUT2D eigenvalue weighted by molar-refractivity contribution is -0.121. The molecule has 1 aromatic rings. The topological polar surface area (TPSA) is 64.4 Å². The van der Waals surface area contributed by atoms with Gasteiger partial charge in [0.25, 0.3) is 0 Å². The summed E-state index contributed by atoms with van der Waals surface area (Å²) < 4.78 is 11.0. The zero-order chi connectivity index (χ0) is 13.5. The molecule has 1 aliphatic carbocycles. The number of carbonyl (C=O) groups is 1. The first kappa shape index (κ1) is 12.4. The predicted molar refractivity (Wildman–Crippen MR) is 72.3 cm³/mol. The van der Waals surface area contributed by atoms with E-state index < -0.39 is 0 Å². The van der Waals surface area contributed by atoms with E-state index in [9.17, 15) is 4.79 Å². The van der Waals surface area contributed by atoms with E-state index in [1.807, 2.05) is 6.07 Å². The Morgan fingerprint density at radius 3 is 2.80 bits per heavy atom. The normalized spacial score (nSPS) is 32.9. The van der Waals surface area contributed by atoms with Gasteiger partial charge in [0.2, 0.25) is 11.8 Å². The van der Waals surface area contributed by atoms with Gasteiger partial charge in [0.1, 0.15) is 0 Å². The summed E-state index contributed by atoms with van der Waals surface area (Å²) in [5, 5.41) is 6.97. The van der Waals surface area contributed by atoms with E-state index in [4.69, 9.17) is 9.26 Å². The lowest BCUT2D eigenvalue weighted by Crippen LogP contribution is -2.30. The maximum Gasteiger partial charge on any atom is 0.232 e. The van der Waals surface area contributed by atoms with Gasteiger partial charge in [0.15, 0.2) is 0 Å². The van der Waals surface area contributed by atoms with Crippen LogP contribution in [0.25, 0.3) is 0 Å². The molecule has 4 rings (SSSR count). The number of nitrogens with one attached hydrogen (secondary N) is 1. The lowest BCUT2D eigenvalue weighted by Gasteiger charge is -2.16. The highest BCUT2D eigenvalue weighted by atomic mass is 16.5. The van der Waals surface area contributed by atoms with Gasteiger partial charge in [-0.25, -0.2) is 0 Å². The van der Waals surface area contributed by atoms with E-state index in [1.165, 1.54) is 25.7 Å². The third-order valence-electron chi connectivity index (χ3n) is 4.99. The highest BCUT2D eigenvalue weighted by Gasteiger charge is 2.44. The maximum atomic E-state index is 12.3. The minimum absolute atomic E-state index is 0.0196. The van der Waals surface area contributed by atoms with Crippen molar-refractivity contribution in [3.63, 3.8) is 0 Å². The molecule has 1 N–H and O–H groups in total. The zero-order valence-corrected chi connectivity index (χ0v) is 11.5. The molecule has 2 saturated heterocycles. The molecule has 3 atom stereocenters. The molecule has 0 radical (unpaired) electrons. The number of fused-ring (bicyclic) bond motifs is 2. The van der Waals surface area contributed by atoms with Crippen molar-refractivity contribution >= 4 is 11.8 Å². The highest BCUT2D eigenvalue weighted by molar-refractivity contribution is 5.92. The lowest BCUT2D eigenvalue weighted by atomic mass is 9.88. The van der Waals surface area contributed by atoms with Crippen molar-refractivity contribution in [2.24, 2.45) is 5.92 Å². The Bertz CT molecular complexity index is 507. The minimum Gasteiger partial charge on any atom is -0.374 e. The summed E-state index contributed by atoms with van der Waals surface area (Å²) in [6.07, 6.45) is 8.25. The predicted octanol–water partition coefficient (Wildman–Crippen LogP) is 2.84. The van der Waals surface area contributed by atoms with Crippen LogP contribution < -0.4 is 5.32 Å². The first-order valence-electron chi connectivity index (χ1n) is 7.72. The molecule has 2 bridgehead atoms. The van der Waals surface area contributed by atoms with Crippen LogP contribution in [-0.2, 0) is 9.53 Å². The summed E-state index contributed by atoms with van der Waals surface area (Å²) in [5.74, 6) is 0.995.